The number of esters is 1. The molecule has 49 heavy (non-hydrogen) atoms. The maximum atomic E-state index is 13.6. The molecule has 4 heterocycles. The summed E-state index contributed by atoms with van der Waals surface area (Å²) in [6, 6.07) is 0.0985. The van der Waals surface area contributed by atoms with Crippen LogP contribution in [0.1, 0.15) is 46.0 Å². The van der Waals surface area contributed by atoms with E-state index < -0.39 is 63.3 Å². The molecule has 2 atom stereocenters. The van der Waals surface area contributed by atoms with Gasteiger partial charge in [0.25, 0.3) is 11.8 Å². The number of nitrogens with zero attached hydrogens (tertiary/aromatic N) is 4. The number of thiazole rings is 1. The fourth-order valence-electron chi connectivity index (χ4n) is 4.94. The molecule has 2 aliphatic rings. The van der Waals surface area contributed by atoms with Crippen LogP contribution >= 0.6 is 23.1 Å². The lowest BCUT2D eigenvalue weighted by Crippen LogP contribution is -2.71. The Morgan fingerprint density at radius 3 is 2.53 bits per heavy atom. The lowest BCUT2D eigenvalue weighted by molar-refractivity contribution is -0.899. The van der Waals surface area contributed by atoms with Gasteiger partial charge in [-0.25, -0.2) is 9.78 Å². The van der Waals surface area contributed by atoms with Gasteiger partial charge in [0.15, 0.2) is 16.6 Å². The van der Waals surface area contributed by atoms with Crippen molar-refractivity contribution < 1.29 is 48.2 Å². The minimum absolute atomic E-state index is 0.0284. The van der Waals surface area contributed by atoms with Gasteiger partial charge in [-0.2, -0.15) is 0 Å². The molecule has 2 aromatic heterocycles. The fourth-order valence-corrected chi connectivity index (χ4v) is 6.93. The zero-order chi connectivity index (χ0) is 36.5. The van der Waals surface area contributed by atoms with Gasteiger partial charge >= 0.3 is 5.97 Å². The smallest absolute Gasteiger partial charge is 0.353 e. The van der Waals surface area contributed by atoms with Crippen LogP contribution in [0.3, 0.4) is 0 Å². The Morgan fingerprint density at radius 2 is 1.92 bits per heavy atom. The number of likely N-dealkylation sites (N-methyl/N-ethyl adjacent to an activating group) is 1. The van der Waals surface area contributed by atoms with Gasteiger partial charge in [-0.3, -0.25) is 24.1 Å². The first kappa shape index (κ1) is 37.1. The van der Waals surface area contributed by atoms with Crippen LogP contribution in [0.4, 0.5) is 5.13 Å². The van der Waals surface area contributed by atoms with Crippen molar-refractivity contribution in [1.82, 2.24) is 20.2 Å². The number of aliphatic carboxylic acids is 1. The van der Waals surface area contributed by atoms with Crippen LogP contribution in [-0.2, 0) is 40.1 Å². The summed E-state index contributed by atoms with van der Waals surface area (Å²) >= 11 is 2.22. The van der Waals surface area contributed by atoms with Gasteiger partial charge in [-0.05, 0) is 34.6 Å². The van der Waals surface area contributed by atoms with E-state index in [1.54, 1.807) is 20.8 Å². The van der Waals surface area contributed by atoms with E-state index in [9.17, 15) is 39.0 Å². The summed E-state index contributed by atoms with van der Waals surface area (Å²) in [5.74, 6) is -4.17. The summed E-state index contributed by atoms with van der Waals surface area (Å²) in [5, 5.41) is 31.5. The second kappa shape index (κ2) is 14.0. The molecule has 19 heteroatoms. The molecule has 0 aliphatic carbocycles. The first-order chi connectivity index (χ1) is 22.7. The number of aromatic amines is 1. The van der Waals surface area contributed by atoms with Gasteiger partial charge in [0.1, 0.15) is 35.8 Å². The average Bonchev–Trinajstić information content (AvgIpc) is 3.44. The molecule has 1 saturated heterocycles. The Hall–Kier alpha value is -4.75. The van der Waals surface area contributed by atoms with Gasteiger partial charge in [0, 0.05) is 29.0 Å². The number of quaternary nitrogens is 1. The highest BCUT2D eigenvalue weighted by atomic mass is 32.2. The van der Waals surface area contributed by atoms with Crippen molar-refractivity contribution in [3.05, 3.63) is 50.5 Å². The van der Waals surface area contributed by atoms with Crippen molar-refractivity contribution >= 4 is 64.1 Å². The van der Waals surface area contributed by atoms with Crippen LogP contribution in [0.25, 0.3) is 0 Å². The van der Waals surface area contributed by atoms with Crippen molar-refractivity contribution in [2.24, 2.45) is 5.16 Å². The molecule has 1 fully saturated rings. The zero-order valence-electron chi connectivity index (χ0n) is 27.8. The number of nitrogens with one attached hydrogen (secondary N) is 3. The Labute approximate surface area is 288 Å². The number of aromatic nitrogens is 2. The van der Waals surface area contributed by atoms with Crippen LogP contribution in [-0.4, -0.2) is 109 Å². The number of aromatic hydroxyl groups is 1. The van der Waals surface area contributed by atoms with E-state index in [4.69, 9.17) is 9.57 Å². The summed E-state index contributed by atoms with van der Waals surface area (Å²) in [7, 11) is 3.62. The zero-order valence-corrected chi connectivity index (χ0v) is 29.4. The largest absolute Gasteiger partial charge is 0.543 e. The van der Waals surface area contributed by atoms with Gasteiger partial charge in [0.2, 0.25) is 17.4 Å². The SMILES string of the molecule is CC(C)(C)OC(=O)C(C)(C)ON=C(C(=O)N[C@@H]1C(=O)N2C(C(=O)[O-])=C(C[N+](C)(C)Cc3cc(=O)c(O)c[nH]3)CS[C@H]12)c1csc(NC=O)n1. The van der Waals surface area contributed by atoms with Crippen molar-refractivity contribution in [1.29, 1.82) is 0 Å². The molecule has 17 nitrogen and oxygen atoms in total. The van der Waals surface area contributed by atoms with E-state index in [1.165, 1.54) is 43.3 Å². The van der Waals surface area contributed by atoms with Crippen LogP contribution in [0.2, 0.25) is 0 Å². The number of hydrogen-bond donors (Lipinski definition) is 4. The van der Waals surface area contributed by atoms with Crippen LogP contribution in [0.5, 0.6) is 5.75 Å². The first-order valence-corrected chi connectivity index (χ1v) is 16.7. The first-order valence-electron chi connectivity index (χ1n) is 14.8. The number of amides is 3. The molecule has 3 amide bonds. The Kier molecular flexibility index (Phi) is 10.6. The molecule has 0 bridgehead atoms. The lowest BCUT2D eigenvalue weighted by Gasteiger charge is -2.51. The molecule has 0 radical (unpaired) electrons. The highest BCUT2D eigenvalue weighted by Crippen LogP contribution is 2.40. The quantitative estimate of drug-likeness (QED) is 0.0519. The van der Waals surface area contributed by atoms with Gasteiger partial charge < -0.3 is 44.7 Å². The second-order valence-corrected chi connectivity index (χ2v) is 15.4. The Bertz CT molecular complexity index is 1790. The Balaban J connectivity index is 1.55. The van der Waals surface area contributed by atoms with E-state index in [2.05, 4.69) is 25.8 Å². The number of oxime groups is 1. The number of fused-ring (bicyclic) bond motifs is 1. The van der Waals surface area contributed by atoms with E-state index in [1.807, 2.05) is 14.1 Å². The molecule has 264 valence electrons. The third-order valence-electron chi connectivity index (χ3n) is 7.10. The lowest BCUT2D eigenvalue weighted by atomic mass is 10.0. The normalized spacial score (nSPS) is 18.3. The topological polar surface area (TPSA) is 233 Å². The molecule has 0 saturated carbocycles. The highest BCUT2D eigenvalue weighted by Gasteiger charge is 2.53. The predicted molar refractivity (Wildman–Crippen MR) is 176 cm³/mol. The van der Waals surface area contributed by atoms with Crippen LogP contribution in [0, 0.1) is 0 Å². The van der Waals surface area contributed by atoms with E-state index in [0.29, 0.717) is 17.7 Å². The summed E-state index contributed by atoms with van der Waals surface area (Å²) in [4.78, 5) is 88.5. The van der Waals surface area contributed by atoms with Gasteiger partial charge in [-0.1, -0.05) is 5.16 Å². The van der Waals surface area contributed by atoms with Gasteiger partial charge in [0.05, 0.1) is 31.5 Å². The number of carboxylic acid groups (broad SMARTS) is 1. The van der Waals surface area contributed by atoms with Crippen molar-refractivity contribution in [3.8, 4) is 5.75 Å². The highest BCUT2D eigenvalue weighted by molar-refractivity contribution is 8.00. The molecule has 4 rings (SSSR count). The third kappa shape index (κ3) is 8.65. The number of hydrogen-bond acceptors (Lipinski definition) is 14. The minimum Gasteiger partial charge on any atom is -0.543 e. The average molecular weight is 720 g/mol. The van der Waals surface area contributed by atoms with Crippen LogP contribution < -0.4 is 21.2 Å². The minimum atomic E-state index is -1.64. The maximum Gasteiger partial charge on any atom is 0.353 e. The fraction of sp³-hybridized carbons (Fsp3) is 0.467. The number of H-pyrrole nitrogens is 1. The monoisotopic (exact) mass is 719 g/mol. The number of carbonyl (C=O) groups excluding carboxylic acids is 5. The van der Waals surface area contributed by atoms with Crippen molar-refractivity contribution in [2.75, 3.05) is 31.7 Å². The van der Waals surface area contributed by atoms with Crippen LogP contribution in [0.15, 0.2) is 38.9 Å². The van der Waals surface area contributed by atoms with Crippen molar-refractivity contribution in [3.63, 3.8) is 0 Å². The van der Waals surface area contributed by atoms with E-state index >= 15 is 0 Å². The number of pyridine rings is 1. The summed E-state index contributed by atoms with van der Waals surface area (Å²) in [6.07, 6.45) is 1.58. The molecule has 0 aromatic carbocycles. The number of rotatable bonds is 13. The third-order valence-corrected chi connectivity index (χ3v) is 9.21. The predicted octanol–water partition coefficient (Wildman–Crippen LogP) is -0.373. The Morgan fingerprint density at radius 1 is 1.22 bits per heavy atom. The number of β-lactam (4-membered cyclic amide) rings is 1. The number of ether oxygens (including phenoxy) is 1. The van der Waals surface area contributed by atoms with E-state index in [-0.39, 0.29) is 39.8 Å². The number of thioether (sulfide) groups is 1. The number of anilines is 1. The molecule has 2 aliphatic heterocycles. The molecular weight excluding hydrogens is 683 g/mol. The molecule has 2 aromatic rings. The summed E-state index contributed by atoms with van der Waals surface area (Å²) in [5.41, 5.74) is -2.85. The van der Waals surface area contributed by atoms with E-state index in [0.717, 1.165) is 16.2 Å². The number of carbonyl (C=O) groups is 5. The number of carboxylic acids is 1. The van der Waals surface area contributed by atoms with Crippen molar-refractivity contribution in [2.45, 2.75) is 63.8 Å². The second-order valence-electron chi connectivity index (χ2n) is 13.4. The summed E-state index contributed by atoms with van der Waals surface area (Å²) < 4.78 is 5.57. The standard InChI is InChI=1S/C30H37N7O10S2/c1-29(2,3)46-27(45)30(4,5)47-35-20(17-13-49-28(33-17)32-14-38)23(41)34-21-24(42)36-22(26(43)44)15(12-48-25(21)36)10-37(6,7)11-16-8-18(39)19(40)9-31-16/h8-9,13-14,21,25H,10-12H2,1-7H3,(H4-,31,32,33,34,35,38,39,40,41,43,44)/t21-,25-/m1/s1. The maximum absolute atomic E-state index is 13.6. The molecule has 0 unspecified atom stereocenters. The molecule has 4 N–H and O–H groups in total. The summed E-state index contributed by atoms with van der Waals surface area (Å²) in [6.45, 7) is 8.25. The molecular formula is C30H37N7O10S2. The molecule has 0 spiro atoms. The van der Waals surface area contributed by atoms with Gasteiger partial charge in [-0.15, -0.1) is 23.1 Å².